The van der Waals surface area contributed by atoms with Gasteiger partial charge in [0.15, 0.2) is 0 Å². The molecule has 4 heteroatoms. The van der Waals surface area contributed by atoms with Crippen molar-refractivity contribution in [3.05, 3.63) is 29.3 Å². The average molecular weight is 261 g/mol. The molecule has 0 radical (unpaired) electrons. The summed E-state index contributed by atoms with van der Waals surface area (Å²) in [5.41, 5.74) is 14.3. The minimum atomic E-state index is -0.928. The van der Waals surface area contributed by atoms with E-state index in [2.05, 4.69) is 30.0 Å². The van der Waals surface area contributed by atoms with Crippen molar-refractivity contribution in [2.45, 2.75) is 38.6 Å². The van der Waals surface area contributed by atoms with Crippen LogP contribution in [-0.2, 0) is 11.2 Å². The first kappa shape index (κ1) is 13.9. The molecule has 0 aliphatic carbocycles. The first-order valence-corrected chi connectivity index (χ1v) is 6.83. The number of hydrogen-bond donors (Lipinski definition) is 2. The molecule has 0 bridgehead atoms. The Balaban J connectivity index is 2.10. The maximum Gasteiger partial charge on any atom is 0.237 e. The highest BCUT2D eigenvalue weighted by Crippen LogP contribution is 2.28. The highest BCUT2D eigenvalue weighted by molar-refractivity contribution is 5.83. The van der Waals surface area contributed by atoms with Crippen LogP contribution >= 0.6 is 0 Å². The van der Waals surface area contributed by atoms with E-state index in [1.54, 1.807) is 6.92 Å². The molecule has 1 amide bonds. The van der Waals surface area contributed by atoms with E-state index in [4.69, 9.17) is 11.5 Å². The number of benzene rings is 1. The smallest absolute Gasteiger partial charge is 0.237 e. The van der Waals surface area contributed by atoms with Crippen molar-refractivity contribution < 1.29 is 4.79 Å². The third-order valence-electron chi connectivity index (χ3n) is 3.91. The topological polar surface area (TPSA) is 72.3 Å². The van der Waals surface area contributed by atoms with Crippen molar-refractivity contribution in [1.29, 1.82) is 0 Å². The van der Waals surface area contributed by atoms with Crippen LogP contribution in [0.15, 0.2) is 18.2 Å². The molecular formula is C15H23N3O. The maximum absolute atomic E-state index is 11.3. The highest BCUT2D eigenvalue weighted by Gasteiger charge is 2.27. The number of carbonyl (C=O) groups excluding carboxylic acids is 1. The van der Waals surface area contributed by atoms with Crippen molar-refractivity contribution >= 4 is 11.6 Å². The average Bonchev–Trinajstić information content (AvgIpc) is 2.35. The molecule has 2 rings (SSSR count). The number of hydrogen-bond acceptors (Lipinski definition) is 3. The predicted molar refractivity (Wildman–Crippen MR) is 78.1 cm³/mol. The fraction of sp³-hybridized carbons (Fsp3) is 0.533. The van der Waals surface area contributed by atoms with Crippen LogP contribution < -0.4 is 16.4 Å². The lowest BCUT2D eigenvalue weighted by Gasteiger charge is -2.33. The molecular weight excluding hydrogens is 238 g/mol. The minimum absolute atomic E-state index is 0.436. The zero-order valence-electron chi connectivity index (χ0n) is 11.8. The van der Waals surface area contributed by atoms with E-state index in [1.807, 2.05) is 0 Å². The number of amides is 1. The Bertz CT molecular complexity index is 482. The second-order valence-electron chi connectivity index (χ2n) is 5.75. The molecule has 1 atom stereocenters. The first-order chi connectivity index (χ1) is 8.90. The van der Waals surface area contributed by atoms with Gasteiger partial charge in [0.2, 0.25) is 5.91 Å². The third-order valence-corrected chi connectivity index (χ3v) is 3.91. The predicted octanol–water partition coefficient (Wildman–Crippen LogP) is 1.34. The summed E-state index contributed by atoms with van der Waals surface area (Å²) in [5, 5.41) is 0. The van der Waals surface area contributed by atoms with Gasteiger partial charge in [0.25, 0.3) is 0 Å². The van der Waals surface area contributed by atoms with Crippen LogP contribution in [0.2, 0.25) is 0 Å². The van der Waals surface area contributed by atoms with Crippen LogP contribution in [0.5, 0.6) is 0 Å². The van der Waals surface area contributed by atoms with Crippen LogP contribution in [-0.4, -0.2) is 24.5 Å². The third kappa shape index (κ3) is 3.07. The largest absolute Gasteiger partial charge is 0.371 e. The van der Waals surface area contributed by atoms with E-state index in [-0.39, 0.29) is 0 Å². The molecule has 104 valence electrons. The SMILES string of the molecule is Cc1ccc2c(c1)CCCN2CCC(C)(N)C(N)=O. The van der Waals surface area contributed by atoms with E-state index < -0.39 is 11.4 Å². The monoisotopic (exact) mass is 261 g/mol. The number of nitrogens with zero attached hydrogens (tertiary/aromatic N) is 1. The van der Waals surface area contributed by atoms with Gasteiger partial charge >= 0.3 is 0 Å². The van der Waals surface area contributed by atoms with Gasteiger partial charge in [0.05, 0.1) is 5.54 Å². The van der Waals surface area contributed by atoms with Crippen LogP contribution in [0.1, 0.15) is 30.9 Å². The fourth-order valence-corrected chi connectivity index (χ4v) is 2.53. The van der Waals surface area contributed by atoms with E-state index >= 15 is 0 Å². The normalized spacial score (nSPS) is 17.7. The second kappa shape index (κ2) is 5.21. The Morgan fingerprint density at radius 2 is 2.21 bits per heavy atom. The van der Waals surface area contributed by atoms with Crippen LogP contribution in [0.4, 0.5) is 5.69 Å². The summed E-state index contributed by atoms with van der Waals surface area (Å²) in [6.45, 7) is 5.61. The molecule has 1 aromatic carbocycles. The van der Waals surface area contributed by atoms with Gasteiger partial charge in [-0.3, -0.25) is 4.79 Å². The molecule has 19 heavy (non-hydrogen) atoms. The van der Waals surface area contributed by atoms with Gasteiger partial charge in [-0.05, 0) is 44.7 Å². The summed E-state index contributed by atoms with van der Waals surface area (Å²) >= 11 is 0. The molecule has 1 aliphatic rings. The number of nitrogens with two attached hydrogens (primary N) is 2. The van der Waals surface area contributed by atoms with Crippen molar-refractivity contribution in [2.75, 3.05) is 18.0 Å². The van der Waals surface area contributed by atoms with Gasteiger partial charge < -0.3 is 16.4 Å². The molecule has 1 unspecified atom stereocenters. The molecule has 1 aromatic rings. The van der Waals surface area contributed by atoms with Gasteiger partial charge in [-0.1, -0.05) is 17.7 Å². The molecule has 0 spiro atoms. The Morgan fingerprint density at radius 3 is 2.89 bits per heavy atom. The summed E-state index contributed by atoms with van der Waals surface area (Å²) in [5.74, 6) is -0.436. The van der Waals surface area contributed by atoms with Crippen molar-refractivity contribution in [3.63, 3.8) is 0 Å². The molecule has 0 aromatic heterocycles. The maximum atomic E-state index is 11.3. The number of anilines is 1. The van der Waals surface area contributed by atoms with Crippen LogP contribution in [0.3, 0.4) is 0 Å². The molecule has 0 saturated carbocycles. The molecule has 0 fully saturated rings. The lowest BCUT2D eigenvalue weighted by Crippen LogP contribution is -2.51. The summed E-state index contributed by atoms with van der Waals surface area (Å²) in [6.07, 6.45) is 2.85. The van der Waals surface area contributed by atoms with E-state index in [0.717, 1.165) is 25.9 Å². The number of primary amides is 1. The summed E-state index contributed by atoms with van der Waals surface area (Å²) in [4.78, 5) is 13.6. The van der Waals surface area contributed by atoms with E-state index in [1.165, 1.54) is 16.8 Å². The quantitative estimate of drug-likeness (QED) is 0.859. The van der Waals surface area contributed by atoms with E-state index in [0.29, 0.717) is 6.42 Å². The standard InChI is InChI=1S/C15H23N3O/c1-11-5-6-13-12(10-11)4-3-8-18(13)9-7-15(2,17)14(16)19/h5-6,10H,3-4,7-9,17H2,1-2H3,(H2,16,19). The molecule has 1 heterocycles. The lowest BCUT2D eigenvalue weighted by atomic mass is 9.95. The zero-order valence-corrected chi connectivity index (χ0v) is 11.8. The number of fused-ring (bicyclic) bond motifs is 1. The summed E-state index contributed by atoms with van der Waals surface area (Å²) < 4.78 is 0. The Hall–Kier alpha value is -1.55. The van der Waals surface area contributed by atoms with Crippen molar-refractivity contribution in [2.24, 2.45) is 11.5 Å². The highest BCUT2D eigenvalue weighted by atomic mass is 16.1. The van der Waals surface area contributed by atoms with Gasteiger partial charge in [-0.2, -0.15) is 0 Å². The lowest BCUT2D eigenvalue weighted by molar-refractivity contribution is -0.122. The van der Waals surface area contributed by atoms with Crippen molar-refractivity contribution in [3.8, 4) is 0 Å². The number of rotatable bonds is 4. The minimum Gasteiger partial charge on any atom is -0.371 e. The van der Waals surface area contributed by atoms with Gasteiger partial charge in [0, 0.05) is 18.8 Å². The fourth-order valence-electron chi connectivity index (χ4n) is 2.53. The van der Waals surface area contributed by atoms with Crippen LogP contribution in [0, 0.1) is 6.92 Å². The van der Waals surface area contributed by atoms with Gasteiger partial charge in [0.1, 0.15) is 0 Å². The van der Waals surface area contributed by atoms with E-state index in [9.17, 15) is 4.79 Å². The Kier molecular flexibility index (Phi) is 3.80. The van der Waals surface area contributed by atoms with Gasteiger partial charge in [-0.15, -0.1) is 0 Å². The second-order valence-corrected chi connectivity index (χ2v) is 5.75. The van der Waals surface area contributed by atoms with Crippen LogP contribution in [0.25, 0.3) is 0 Å². The van der Waals surface area contributed by atoms with Crippen molar-refractivity contribution in [1.82, 2.24) is 0 Å². The molecule has 4 nitrogen and oxygen atoms in total. The molecule has 0 saturated heterocycles. The van der Waals surface area contributed by atoms with Gasteiger partial charge in [-0.25, -0.2) is 0 Å². The zero-order chi connectivity index (χ0) is 14.0. The molecule has 4 N–H and O–H groups in total. The summed E-state index contributed by atoms with van der Waals surface area (Å²) in [7, 11) is 0. The summed E-state index contributed by atoms with van der Waals surface area (Å²) in [6, 6.07) is 6.55. The Labute approximate surface area is 114 Å². The Morgan fingerprint density at radius 1 is 1.47 bits per heavy atom. The number of aryl methyl sites for hydroxylation is 2. The number of carbonyl (C=O) groups is 1. The first-order valence-electron chi connectivity index (χ1n) is 6.83. The molecule has 1 aliphatic heterocycles.